The van der Waals surface area contributed by atoms with Gasteiger partial charge in [0.05, 0.1) is 0 Å². The van der Waals surface area contributed by atoms with Crippen LogP contribution >= 0.6 is 0 Å². The summed E-state index contributed by atoms with van der Waals surface area (Å²) in [6.07, 6.45) is 30.5. The Bertz CT molecular complexity index is 1330. The van der Waals surface area contributed by atoms with E-state index in [1.807, 2.05) is 0 Å². The molecule has 2 nitrogen and oxygen atoms in total. The van der Waals surface area contributed by atoms with Gasteiger partial charge in [0, 0.05) is 23.1 Å². The highest BCUT2D eigenvalue weighted by atomic mass is 15.2. The second-order valence-corrected chi connectivity index (χ2v) is 14.2. The maximum Gasteiger partial charge on any atom is 0.223 e. The number of rotatable bonds is 25. The van der Waals surface area contributed by atoms with E-state index in [0.29, 0.717) is 0 Å². The molecule has 48 heavy (non-hydrogen) atoms. The lowest BCUT2D eigenvalue weighted by Gasteiger charge is -2.11. The van der Waals surface area contributed by atoms with Crippen LogP contribution in [0.15, 0.2) is 59.7 Å². The zero-order chi connectivity index (χ0) is 34.2. The van der Waals surface area contributed by atoms with E-state index in [4.69, 9.17) is 0 Å². The van der Waals surface area contributed by atoms with Crippen LogP contribution in [0.5, 0.6) is 0 Å². The Morgan fingerprint density at radius 2 is 1.04 bits per heavy atom. The normalized spacial score (nSPS) is 13.0. The van der Waals surface area contributed by atoms with Crippen molar-refractivity contribution in [3.8, 4) is 11.8 Å². The summed E-state index contributed by atoms with van der Waals surface area (Å²) in [7, 11) is 0. The topological polar surface area (TPSA) is 25.3 Å². The van der Waals surface area contributed by atoms with Crippen molar-refractivity contribution in [2.75, 3.05) is 0 Å². The number of unbranched alkanes of at least 4 members (excludes halogenated alkanes) is 18. The van der Waals surface area contributed by atoms with Gasteiger partial charge >= 0.3 is 0 Å². The first-order valence-electron chi connectivity index (χ1n) is 20.3. The highest BCUT2D eigenvalue weighted by molar-refractivity contribution is 5.85. The second kappa shape index (κ2) is 24.3. The minimum absolute atomic E-state index is 0.827. The summed E-state index contributed by atoms with van der Waals surface area (Å²) in [5.41, 5.74) is 20.6. The van der Waals surface area contributed by atoms with E-state index in [1.165, 1.54) is 138 Å². The van der Waals surface area contributed by atoms with Crippen LogP contribution in [0.1, 0.15) is 191 Å². The Balaban J connectivity index is 1.64. The predicted octanol–water partition coefficient (Wildman–Crippen LogP) is 14.6. The highest BCUT2D eigenvalue weighted by Gasteiger charge is 2.34. The number of benzene rings is 2. The molecule has 0 atom stereocenters. The molecule has 0 amide bonds. The summed E-state index contributed by atoms with van der Waals surface area (Å²) >= 11 is 0. The van der Waals surface area contributed by atoms with Crippen molar-refractivity contribution in [1.82, 2.24) is 0 Å². The lowest BCUT2D eigenvalue weighted by molar-refractivity contribution is -0.345. The van der Waals surface area contributed by atoms with Crippen molar-refractivity contribution in [1.29, 1.82) is 0 Å². The molecule has 1 aliphatic rings. The Morgan fingerprint density at radius 1 is 0.521 bits per heavy atom. The number of aryl methyl sites for hydroxylation is 2. The van der Waals surface area contributed by atoms with E-state index in [9.17, 15) is 5.53 Å². The molecule has 0 N–H and O–H groups in total. The van der Waals surface area contributed by atoms with Crippen LogP contribution in [0.2, 0.25) is 0 Å². The molecule has 0 saturated heterocycles. The van der Waals surface area contributed by atoms with E-state index >= 15 is 0 Å². The van der Waals surface area contributed by atoms with Gasteiger partial charge in [0.2, 0.25) is 11.4 Å². The van der Waals surface area contributed by atoms with E-state index in [-0.39, 0.29) is 0 Å². The lowest BCUT2D eigenvalue weighted by Crippen LogP contribution is -2.03. The monoisotopic (exact) mass is 649 g/mol. The van der Waals surface area contributed by atoms with Crippen LogP contribution in [-0.2, 0) is 12.8 Å². The van der Waals surface area contributed by atoms with Gasteiger partial charge in [-0.3, -0.25) is 0 Å². The van der Waals surface area contributed by atoms with Crippen molar-refractivity contribution >= 4 is 11.4 Å². The molecule has 0 saturated carbocycles. The van der Waals surface area contributed by atoms with Gasteiger partial charge in [-0.2, -0.15) is 0 Å². The van der Waals surface area contributed by atoms with E-state index < -0.39 is 0 Å². The third-order valence-electron chi connectivity index (χ3n) is 10.0. The highest BCUT2D eigenvalue weighted by Crippen LogP contribution is 2.41. The maximum absolute atomic E-state index is 11.9. The van der Waals surface area contributed by atoms with Gasteiger partial charge in [-0.25, -0.2) is 4.70 Å². The Morgan fingerprint density at radius 3 is 1.60 bits per heavy atom. The SMILES string of the molecule is CCCCCCCCCCCCCCCCC#CC1=C(c2cccc(CCCCC)c2)[N+](=[N-])C(c2ccc(CCCCC)cc2)=C1CC. The van der Waals surface area contributed by atoms with Crippen LogP contribution in [0.3, 0.4) is 0 Å². The third-order valence-corrected chi connectivity index (χ3v) is 10.0. The smallest absolute Gasteiger partial charge is 0.223 e. The fourth-order valence-corrected chi connectivity index (χ4v) is 7.07. The standard InChI is InChI=1S/C46H68N2/c1-5-9-12-13-14-15-16-17-18-19-20-21-22-23-24-27-33-44-43(8-4)45(41-36-34-39(35-37-41)29-25-10-6-2)48(47)46(44)42-32-28-31-40(38-42)30-26-11-7-3/h28,31-32,34-38H,5-26,29-30H2,1-4H3. The molecule has 2 aromatic carbocycles. The Kier molecular flexibility index (Phi) is 20.0. The second-order valence-electron chi connectivity index (χ2n) is 14.2. The van der Waals surface area contributed by atoms with Crippen LogP contribution in [0, 0.1) is 11.8 Å². The fourth-order valence-electron chi connectivity index (χ4n) is 7.07. The van der Waals surface area contributed by atoms with Crippen molar-refractivity contribution < 1.29 is 4.70 Å². The van der Waals surface area contributed by atoms with Gasteiger partial charge in [0.25, 0.3) is 0 Å². The van der Waals surface area contributed by atoms with Crippen molar-refractivity contribution in [2.45, 2.75) is 182 Å². The molecular formula is C46H68N2. The minimum Gasteiger partial charge on any atom is -0.493 e. The molecule has 2 aromatic rings. The summed E-state index contributed by atoms with van der Waals surface area (Å²) < 4.78 is 1.45. The molecule has 0 fully saturated rings. The first-order chi connectivity index (χ1) is 23.6. The van der Waals surface area contributed by atoms with Crippen molar-refractivity contribution in [3.05, 3.63) is 87.5 Å². The average Bonchev–Trinajstić information content (AvgIpc) is 3.39. The molecule has 0 aliphatic carbocycles. The molecule has 1 heterocycles. The van der Waals surface area contributed by atoms with Crippen LogP contribution in [0.25, 0.3) is 16.9 Å². The molecule has 0 bridgehead atoms. The quantitative estimate of drug-likeness (QED) is 0.0581. The zero-order valence-corrected chi connectivity index (χ0v) is 31.5. The number of nitrogens with zero attached hydrogens (tertiary/aromatic N) is 2. The van der Waals surface area contributed by atoms with Crippen LogP contribution in [0.4, 0.5) is 0 Å². The molecular weight excluding hydrogens is 581 g/mol. The summed E-state index contributed by atoms with van der Waals surface area (Å²) in [5.74, 6) is 7.14. The molecule has 0 radical (unpaired) electrons. The molecule has 3 rings (SSSR count). The molecule has 0 aromatic heterocycles. The van der Waals surface area contributed by atoms with Gasteiger partial charge in [-0.1, -0.05) is 173 Å². The van der Waals surface area contributed by atoms with Gasteiger partial charge in [-0.15, -0.1) is 0 Å². The molecule has 2 heteroatoms. The van der Waals surface area contributed by atoms with E-state index in [1.54, 1.807) is 0 Å². The summed E-state index contributed by atoms with van der Waals surface area (Å²) in [4.78, 5) is 0. The predicted molar refractivity (Wildman–Crippen MR) is 210 cm³/mol. The van der Waals surface area contributed by atoms with Crippen LogP contribution < -0.4 is 0 Å². The fraction of sp³-hybridized carbons (Fsp3) is 0.609. The lowest BCUT2D eigenvalue weighted by atomic mass is 9.96. The zero-order valence-electron chi connectivity index (χ0n) is 31.5. The van der Waals surface area contributed by atoms with E-state index in [2.05, 4.69) is 88.1 Å². The first kappa shape index (κ1) is 39.5. The Hall–Kier alpha value is -2.92. The maximum atomic E-state index is 11.9. The number of hydrogen-bond donors (Lipinski definition) is 0. The number of hydrogen-bond acceptors (Lipinski definition) is 0. The third kappa shape index (κ3) is 13.5. The summed E-state index contributed by atoms with van der Waals surface area (Å²) in [6.45, 7) is 9.00. The average molecular weight is 649 g/mol. The summed E-state index contributed by atoms with van der Waals surface area (Å²) in [5, 5.41) is 0. The van der Waals surface area contributed by atoms with Crippen LogP contribution in [-0.4, -0.2) is 4.70 Å². The summed E-state index contributed by atoms with van der Waals surface area (Å²) in [6, 6.07) is 17.7. The van der Waals surface area contributed by atoms with Gasteiger partial charge < -0.3 is 5.53 Å². The molecule has 1 aliphatic heterocycles. The molecule has 262 valence electrons. The largest absolute Gasteiger partial charge is 0.493 e. The van der Waals surface area contributed by atoms with Crippen molar-refractivity contribution in [3.63, 3.8) is 0 Å². The van der Waals surface area contributed by atoms with E-state index in [0.717, 1.165) is 65.8 Å². The minimum atomic E-state index is 0.827. The number of allylic oxidation sites excluding steroid dienone is 2. The molecule has 0 unspecified atom stereocenters. The van der Waals surface area contributed by atoms with Gasteiger partial charge in [-0.05, 0) is 73.9 Å². The Labute approximate surface area is 296 Å². The first-order valence-corrected chi connectivity index (χ1v) is 20.3. The van der Waals surface area contributed by atoms with Gasteiger partial charge in [0.15, 0.2) is 0 Å². The molecule has 0 spiro atoms. The van der Waals surface area contributed by atoms with Gasteiger partial charge in [0.1, 0.15) is 5.57 Å². The van der Waals surface area contributed by atoms with Crippen molar-refractivity contribution in [2.24, 2.45) is 0 Å².